The van der Waals surface area contributed by atoms with E-state index in [-0.39, 0.29) is 12.0 Å². The molecule has 1 amide bonds. The van der Waals surface area contributed by atoms with Crippen molar-refractivity contribution in [3.8, 4) is 17.2 Å². The van der Waals surface area contributed by atoms with Crippen molar-refractivity contribution in [1.29, 1.82) is 0 Å². The van der Waals surface area contributed by atoms with Crippen LogP contribution in [-0.4, -0.2) is 46.5 Å². The van der Waals surface area contributed by atoms with E-state index in [4.69, 9.17) is 18.9 Å². The van der Waals surface area contributed by atoms with Gasteiger partial charge in [-0.05, 0) is 12.1 Å². The zero-order chi connectivity index (χ0) is 13.8. The Balaban J connectivity index is 2.21. The molecule has 19 heavy (non-hydrogen) atoms. The quantitative estimate of drug-likeness (QED) is 0.773. The van der Waals surface area contributed by atoms with Crippen LogP contribution >= 0.6 is 0 Å². The molecule has 2 rings (SSSR count). The van der Waals surface area contributed by atoms with Crippen LogP contribution in [0.3, 0.4) is 0 Å². The predicted molar refractivity (Wildman–Crippen MR) is 68.2 cm³/mol. The van der Waals surface area contributed by atoms with Gasteiger partial charge < -0.3 is 24.3 Å². The normalized spacial score (nSPS) is 16.7. The summed E-state index contributed by atoms with van der Waals surface area (Å²) in [7, 11) is 4.54. The van der Waals surface area contributed by atoms with Crippen LogP contribution in [0.5, 0.6) is 17.2 Å². The van der Waals surface area contributed by atoms with Crippen LogP contribution in [0.2, 0.25) is 0 Å². The molecule has 0 aliphatic carbocycles. The maximum atomic E-state index is 12.0. The molecule has 1 aromatic carbocycles. The van der Waals surface area contributed by atoms with Gasteiger partial charge in [0.25, 0.3) is 5.91 Å². The minimum Gasteiger partial charge on any atom is -0.493 e. The van der Waals surface area contributed by atoms with Gasteiger partial charge in [-0.15, -0.1) is 0 Å². The summed E-state index contributed by atoms with van der Waals surface area (Å²) in [5.41, 5.74) is 0.454. The lowest BCUT2D eigenvalue weighted by molar-refractivity contribution is 0.0949. The number of benzene rings is 1. The van der Waals surface area contributed by atoms with Gasteiger partial charge in [0.05, 0.1) is 34.0 Å². The highest BCUT2D eigenvalue weighted by Gasteiger charge is 2.23. The van der Waals surface area contributed by atoms with E-state index in [1.54, 1.807) is 12.1 Å². The smallest absolute Gasteiger partial charge is 0.251 e. The van der Waals surface area contributed by atoms with Crippen LogP contribution < -0.4 is 19.5 Å². The Labute approximate surface area is 111 Å². The molecular weight excluding hydrogens is 250 g/mol. The summed E-state index contributed by atoms with van der Waals surface area (Å²) in [6, 6.07) is 3.23. The van der Waals surface area contributed by atoms with Crippen molar-refractivity contribution in [2.45, 2.75) is 6.10 Å². The molecule has 1 fully saturated rings. The molecule has 1 saturated heterocycles. The van der Waals surface area contributed by atoms with E-state index in [1.807, 2.05) is 0 Å². The lowest BCUT2D eigenvalue weighted by Crippen LogP contribution is -2.27. The fourth-order valence-electron chi connectivity index (χ4n) is 1.71. The molecule has 0 spiro atoms. The van der Waals surface area contributed by atoms with Gasteiger partial charge in [0, 0.05) is 12.1 Å². The number of amides is 1. The number of hydrogen-bond acceptors (Lipinski definition) is 5. The Kier molecular flexibility index (Phi) is 4.11. The van der Waals surface area contributed by atoms with Crippen LogP contribution in [0.4, 0.5) is 0 Å². The molecule has 6 nitrogen and oxygen atoms in total. The van der Waals surface area contributed by atoms with Crippen LogP contribution in [-0.2, 0) is 4.74 Å². The Bertz CT molecular complexity index is 445. The van der Waals surface area contributed by atoms with Gasteiger partial charge in [-0.1, -0.05) is 0 Å². The van der Waals surface area contributed by atoms with Crippen LogP contribution in [0.1, 0.15) is 10.4 Å². The highest BCUT2D eigenvalue weighted by atomic mass is 16.6. The molecule has 1 aromatic rings. The van der Waals surface area contributed by atoms with Crippen LogP contribution in [0, 0.1) is 0 Å². The Hall–Kier alpha value is -1.95. The topological polar surface area (TPSA) is 69.3 Å². The number of nitrogens with one attached hydrogen (secondary N) is 1. The second-order valence-corrected chi connectivity index (χ2v) is 4.08. The van der Waals surface area contributed by atoms with E-state index in [9.17, 15) is 4.79 Å². The second-order valence-electron chi connectivity index (χ2n) is 4.08. The van der Waals surface area contributed by atoms with Crippen LogP contribution in [0.15, 0.2) is 12.1 Å². The van der Waals surface area contributed by atoms with Crippen molar-refractivity contribution in [2.75, 3.05) is 34.5 Å². The SMILES string of the molecule is COc1cc(C(=O)NC[C@H]2CO2)cc(OC)c1OC. The van der Waals surface area contributed by atoms with Crippen molar-refractivity contribution in [1.82, 2.24) is 5.32 Å². The number of rotatable bonds is 6. The van der Waals surface area contributed by atoms with Crippen LogP contribution in [0.25, 0.3) is 0 Å². The first-order valence-corrected chi connectivity index (χ1v) is 5.89. The minimum absolute atomic E-state index is 0.144. The number of methoxy groups -OCH3 is 3. The van der Waals surface area contributed by atoms with Gasteiger partial charge >= 0.3 is 0 Å². The predicted octanol–water partition coefficient (Wildman–Crippen LogP) is 0.841. The molecule has 6 heteroatoms. The summed E-state index contributed by atoms with van der Waals surface area (Å²) in [6.45, 7) is 1.21. The second kappa shape index (κ2) is 5.79. The summed E-state index contributed by atoms with van der Waals surface area (Å²) in [5.74, 6) is 1.17. The van der Waals surface area contributed by atoms with E-state index in [2.05, 4.69) is 5.32 Å². The summed E-state index contributed by atoms with van der Waals surface area (Å²) in [4.78, 5) is 12.0. The summed E-state index contributed by atoms with van der Waals surface area (Å²) in [6.07, 6.45) is 0.144. The molecule has 1 aliphatic heterocycles. The van der Waals surface area contributed by atoms with E-state index < -0.39 is 0 Å². The van der Waals surface area contributed by atoms with Gasteiger partial charge in [0.2, 0.25) is 5.75 Å². The van der Waals surface area contributed by atoms with Crippen molar-refractivity contribution in [3.63, 3.8) is 0 Å². The molecule has 0 aromatic heterocycles. The molecular formula is C13H17NO5. The highest BCUT2D eigenvalue weighted by Crippen LogP contribution is 2.38. The number of epoxide rings is 1. The molecule has 1 N–H and O–H groups in total. The summed E-state index contributed by atoms with van der Waals surface area (Å²) in [5, 5.41) is 2.79. The number of ether oxygens (including phenoxy) is 4. The summed E-state index contributed by atoms with van der Waals surface area (Å²) >= 11 is 0. The number of hydrogen-bond donors (Lipinski definition) is 1. The van der Waals surface area contributed by atoms with Gasteiger partial charge in [0.1, 0.15) is 0 Å². The number of carbonyl (C=O) groups is 1. The largest absolute Gasteiger partial charge is 0.493 e. The lowest BCUT2D eigenvalue weighted by Gasteiger charge is -2.13. The van der Waals surface area contributed by atoms with Gasteiger partial charge in [-0.2, -0.15) is 0 Å². The average Bonchev–Trinajstić information content (AvgIpc) is 3.27. The lowest BCUT2D eigenvalue weighted by atomic mass is 10.1. The third kappa shape index (κ3) is 3.08. The third-order valence-corrected chi connectivity index (χ3v) is 2.82. The van der Waals surface area contributed by atoms with Crippen molar-refractivity contribution >= 4 is 5.91 Å². The molecule has 0 bridgehead atoms. The maximum absolute atomic E-state index is 12.0. The zero-order valence-electron chi connectivity index (χ0n) is 11.2. The van der Waals surface area contributed by atoms with E-state index in [1.165, 1.54) is 21.3 Å². The van der Waals surface area contributed by atoms with E-state index in [0.29, 0.717) is 36.0 Å². The number of carbonyl (C=O) groups excluding carboxylic acids is 1. The van der Waals surface area contributed by atoms with E-state index in [0.717, 1.165) is 0 Å². The molecule has 1 aliphatic rings. The van der Waals surface area contributed by atoms with Crippen molar-refractivity contribution in [3.05, 3.63) is 17.7 Å². The maximum Gasteiger partial charge on any atom is 0.251 e. The molecule has 1 heterocycles. The Morgan fingerprint density at radius 2 is 1.84 bits per heavy atom. The molecule has 0 saturated carbocycles. The third-order valence-electron chi connectivity index (χ3n) is 2.82. The molecule has 0 unspecified atom stereocenters. The standard InChI is InChI=1S/C13H17NO5/c1-16-10-4-8(5-11(17-2)12(10)18-3)13(15)14-6-9-7-19-9/h4-5,9H,6-7H2,1-3H3,(H,14,15)/t9-/m0/s1. The van der Waals surface area contributed by atoms with Gasteiger partial charge in [0.15, 0.2) is 11.5 Å². The first-order valence-electron chi connectivity index (χ1n) is 5.89. The van der Waals surface area contributed by atoms with Gasteiger partial charge in [-0.25, -0.2) is 0 Å². The average molecular weight is 267 g/mol. The first-order chi connectivity index (χ1) is 9.19. The highest BCUT2D eigenvalue weighted by molar-refractivity contribution is 5.95. The van der Waals surface area contributed by atoms with Gasteiger partial charge in [-0.3, -0.25) is 4.79 Å². The zero-order valence-corrected chi connectivity index (χ0v) is 11.2. The van der Waals surface area contributed by atoms with E-state index >= 15 is 0 Å². The monoisotopic (exact) mass is 267 g/mol. The molecule has 1 atom stereocenters. The fourth-order valence-corrected chi connectivity index (χ4v) is 1.71. The molecule has 104 valence electrons. The van der Waals surface area contributed by atoms with Crippen molar-refractivity contribution in [2.24, 2.45) is 0 Å². The minimum atomic E-state index is -0.199. The summed E-state index contributed by atoms with van der Waals surface area (Å²) < 4.78 is 20.6. The Morgan fingerprint density at radius 1 is 1.26 bits per heavy atom. The molecule has 0 radical (unpaired) electrons. The Morgan fingerprint density at radius 3 is 2.26 bits per heavy atom. The van der Waals surface area contributed by atoms with Crippen molar-refractivity contribution < 1.29 is 23.7 Å². The fraction of sp³-hybridized carbons (Fsp3) is 0.462. The first kappa shape index (κ1) is 13.5.